The summed E-state index contributed by atoms with van der Waals surface area (Å²) in [6.07, 6.45) is 0. The van der Waals surface area contributed by atoms with Crippen molar-refractivity contribution in [1.82, 2.24) is 10.3 Å². The number of hydrogen-bond donors (Lipinski definition) is 3. The second kappa shape index (κ2) is 10.7. The zero-order valence-corrected chi connectivity index (χ0v) is 17.1. The summed E-state index contributed by atoms with van der Waals surface area (Å²) < 4.78 is 11.4. The number of benzene rings is 3. The van der Waals surface area contributed by atoms with Gasteiger partial charge in [0.15, 0.2) is 0 Å². The first-order valence-corrected chi connectivity index (χ1v) is 9.62. The maximum atomic E-state index is 12.1. The summed E-state index contributed by atoms with van der Waals surface area (Å²) in [5.74, 6) is 2.24. The van der Waals surface area contributed by atoms with E-state index in [-0.39, 0.29) is 6.03 Å². The number of anilines is 2. The van der Waals surface area contributed by atoms with Crippen LogP contribution in [0.15, 0.2) is 78.9 Å². The quantitative estimate of drug-likeness (QED) is 0.454. The first-order chi connectivity index (χ1) is 14.6. The van der Waals surface area contributed by atoms with E-state index in [2.05, 4.69) is 21.1 Å². The highest BCUT2D eigenvalue weighted by Crippen LogP contribution is 2.22. The first kappa shape index (κ1) is 21.0. The number of nitrogens with one attached hydrogen (secondary N) is 3. The molecule has 0 bridgehead atoms. The molecule has 0 radical (unpaired) electrons. The number of para-hydroxylation sites is 1. The van der Waals surface area contributed by atoms with Crippen LogP contribution in [0.2, 0.25) is 0 Å². The predicted octanol–water partition coefficient (Wildman–Crippen LogP) is 4.57. The molecule has 3 aromatic rings. The average Bonchev–Trinajstić information content (AvgIpc) is 2.75. The molecule has 0 fully saturated rings. The average molecular weight is 406 g/mol. The van der Waals surface area contributed by atoms with E-state index < -0.39 is 0 Å². The summed E-state index contributed by atoms with van der Waals surface area (Å²) in [5, 5.41) is 2.76. The Labute approximate surface area is 176 Å². The van der Waals surface area contributed by atoms with Gasteiger partial charge in [-0.3, -0.25) is 10.9 Å². The number of urea groups is 1. The number of ether oxygens (including phenoxy) is 2. The fraction of sp³-hybridized carbons (Fsp3) is 0.174. The molecule has 7 heteroatoms. The molecule has 0 unspecified atom stereocenters. The molecule has 0 aromatic heterocycles. The molecule has 7 nitrogen and oxygen atoms in total. The Bertz CT molecular complexity index is 913. The lowest BCUT2D eigenvalue weighted by molar-refractivity contribution is 0.253. The van der Waals surface area contributed by atoms with Crippen LogP contribution < -0.4 is 25.6 Å². The number of rotatable bonds is 9. The Hall–Kier alpha value is -3.71. The largest absolute Gasteiger partial charge is 0.492 e. The van der Waals surface area contributed by atoms with Gasteiger partial charge in [-0.15, -0.1) is 0 Å². The van der Waals surface area contributed by atoms with Crippen molar-refractivity contribution in [3.8, 4) is 17.2 Å². The summed E-state index contributed by atoms with van der Waals surface area (Å²) in [4.78, 5) is 14.1. The van der Waals surface area contributed by atoms with Crippen LogP contribution in [-0.2, 0) is 0 Å². The molecule has 0 aliphatic rings. The number of amides is 2. The summed E-state index contributed by atoms with van der Waals surface area (Å²) >= 11 is 0. The molecule has 0 aliphatic carbocycles. The van der Waals surface area contributed by atoms with Gasteiger partial charge in [-0.05, 0) is 74.8 Å². The zero-order chi connectivity index (χ0) is 21.2. The van der Waals surface area contributed by atoms with E-state index in [1.54, 1.807) is 12.1 Å². The lowest BCUT2D eigenvalue weighted by Crippen LogP contribution is -2.33. The maximum absolute atomic E-state index is 12.1. The number of carbonyl (C=O) groups excluding carboxylic acids is 1. The lowest BCUT2D eigenvalue weighted by Gasteiger charge is -2.12. The van der Waals surface area contributed by atoms with Crippen LogP contribution in [0.3, 0.4) is 0 Å². The van der Waals surface area contributed by atoms with Crippen molar-refractivity contribution in [2.75, 3.05) is 38.0 Å². The smallest absolute Gasteiger partial charge is 0.337 e. The number of carbonyl (C=O) groups is 1. The molecule has 0 aliphatic heterocycles. The SMILES string of the molecule is CN(C)CCOc1ccc(NC(=O)NNc2ccc(Oc3ccccc3)cc2)cc1. The number of likely N-dealkylation sites (N-methyl/N-ethyl adjacent to an activating group) is 1. The second-order valence-electron chi connectivity index (χ2n) is 6.82. The van der Waals surface area contributed by atoms with Crippen molar-refractivity contribution in [2.45, 2.75) is 0 Å². The third-order valence-electron chi connectivity index (χ3n) is 4.07. The van der Waals surface area contributed by atoms with Gasteiger partial charge in [-0.1, -0.05) is 18.2 Å². The van der Waals surface area contributed by atoms with E-state index >= 15 is 0 Å². The van der Waals surface area contributed by atoms with Gasteiger partial charge >= 0.3 is 6.03 Å². The monoisotopic (exact) mass is 406 g/mol. The summed E-state index contributed by atoms with van der Waals surface area (Å²) in [5.41, 5.74) is 6.86. The molecule has 3 N–H and O–H groups in total. The van der Waals surface area contributed by atoms with Gasteiger partial charge < -0.3 is 19.7 Å². The topological polar surface area (TPSA) is 74.9 Å². The van der Waals surface area contributed by atoms with Crippen molar-refractivity contribution in [3.63, 3.8) is 0 Å². The molecule has 0 atom stereocenters. The van der Waals surface area contributed by atoms with Gasteiger partial charge in [-0.2, -0.15) is 0 Å². The van der Waals surface area contributed by atoms with Crippen LogP contribution in [0.1, 0.15) is 0 Å². The Morgan fingerprint density at radius 3 is 2.07 bits per heavy atom. The molecule has 0 spiro atoms. The highest BCUT2D eigenvalue weighted by molar-refractivity contribution is 5.90. The van der Waals surface area contributed by atoms with E-state index in [4.69, 9.17) is 9.47 Å². The van der Waals surface area contributed by atoms with E-state index in [0.29, 0.717) is 18.0 Å². The van der Waals surface area contributed by atoms with Gasteiger partial charge in [0.2, 0.25) is 0 Å². The lowest BCUT2D eigenvalue weighted by atomic mass is 10.3. The zero-order valence-electron chi connectivity index (χ0n) is 17.1. The van der Waals surface area contributed by atoms with Gasteiger partial charge in [-0.25, -0.2) is 4.79 Å². The molecule has 30 heavy (non-hydrogen) atoms. The highest BCUT2D eigenvalue weighted by Gasteiger charge is 2.03. The van der Waals surface area contributed by atoms with Crippen LogP contribution in [-0.4, -0.2) is 38.2 Å². The Balaban J connectivity index is 1.42. The van der Waals surface area contributed by atoms with Crippen molar-refractivity contribution in [2.24, 2.45) is 0 Å². The standard InChI is InChI=1S/C23H26N4O3/c1-27(2)16-17-29-20-12-8-18(9-13-20)24-23(28)26-25-19-10-14-22(15-11-19)30-21-6-4-3-5-7-21/h3-15,25H,16-17H2,1-2H3,(H2,24,26,28). The Kier molecular flexibility index (Phi) is 7.51. The van der Waals surface area contributed by atoms with Crippen LogP contribution >= 0.6 is 0 Å². The van der Waals surface area contributed by atoms with Crippen molar-refractivity contribution < 1.29 is 14.3 Å². The Morgan fingerprint density at radius 2 is 1.40 bits per heavy atom. The minimum atomic E-state index is -0.374. The van der Waals surface area contributed by atoms with Crippen LogP contribution in [0, 0.1) is 0 Å². The second-order valence-corrected chi connectivity index (χ2v) is 6.82. The van der Waals surface area contributed by atoms with Crippen LogP contribution in [0.4, 0.5) is 16.2 Å². The van der Waals surface area contributed by atoms with Crippen molar-refractivity contribution >= 4 is 17.4 Å². The highest BCUT2D eigenvalue weighted by atomic mass is 16.5. The van der Waals surface area contributed by atoms with Gasteiger partial charge in [0.1, 0.15) is 23.9 Å². The summed E-state index contributed by atoms with van der Waals surface area (Å²) in [7, 11) is 3.99. The van der Waals surface area contributed by atoms with Gasteiger partial charge in [0.25, 0.3) is 0 Å². The summed E-state index contributed by atoms with van der Waals surface area (Å²) in [6, 6.07) is 23.7. The molecule has 2 amide bonds. The third kappa shape index (κ3) is 7.03. The van der Waals surface area contributed by atoms with E-state index in [0.717, 1.165) is 23.7 Å². The van der Waals surface area contributed by atoms with Crippen LogP contribution in [0.5, 0.6) is 17.2 Å². The fourth-order valence-corrected chi connectivity index (χ4v) is 2.50. The Morgan fingerprint density at radius 1 is 0.800 bits per heavy atom. The third-order valence-corrected chi connectivity index (χ3v) is 4.07. The molecule has 0 saturated carbocycles. The minimum Gasteiger partial charge on any atom is -0.492 e. The molecular formula is C23H26N4O3. The molecule has 0 saturated heterocycles. The number of nitrogens with zero attached hydrogens (tertiary/aromatic N) is 1. The molecule has 3 rings (SSSR count). The van der Waals surface area contributed by atoms with Gasteiger partial charge in [0, 0.05) is 12.2 Å². The van der Waals surface area contributed by atoms with Crippen molar-refractivity contribution in [3.05, 3.63) is 78.9 Å². The van der Waals surface area contributed by atoms with E-state index in [1.165, 1.54) is 0 Å². The van der Waals surface area contributed by atoms with Crippen molar-refractivity contribution in [1.29, 1.82) is 0 Å². The molecular weight excluding hydrogens is 380 g/mol. The summed E-state index contributed by atoms with van der Waals surface area (Å²) in [6.45, 7) is 1.45. The molecule has 3 aromatic carbocycles. The molecule has 0 heterocycles. The first-order valence-electron chi connectivity index (χ1n) is 9.62. The normalized spacial score (nSPS) is 10.4. The van der Waals surface area contributed by atoms with E-state index in [9.17, 15) is 4.79 Å². The predicted molar refractivity (Wildman–Crippen MR) is 119 cm³/mol. The molecule has 156 valence electrons. The van der Waals surface area contributed by atoms with Gasteiger partial charge in [0.05, 0.1) is 5.69 Å². The number of hydrogen-bond acceptors (Lipinski definition) is 5. The maximum Gasteiger partial charge on any atom is 0.337 e. The minimum absolute atomic E-state index is 0.374. The van der Waals surface area contributed by atoms with Crippen LogP contribution in [0.25, 0.3) is 0 Å². The number of hydrazine groups is 1. The fourth-order valence-electron chi connectivity index (χ4n) is 2.50. The van der Waals surface area contributed by atoms with E-state index in [1.807, 2.05) is 80.8 Å².